The maximum absolute atomic E-state index is 12.1. The molecule has 2 rings (SSSR count). The largest absolute Gasteiger partial charge is 0.497 e. The zero-order valence-corrected chi connectivity index (χ0v) is 15.8. The summed E-state index contributed by atoms with van der Waals surface area (Å²) in [4.78, 5) is 35.7. The first-order chi connectivity index (χ1) is 12.9. The average molecular weight is 390 g/mol. The molecule has 0 radical (unpaired) electrons. The van der Waals surface area contributed by atoms with Crippen LogP contribution in [0.2, 0.25) is 5.02 Å². The molecule has 1 atom stereocenters. The highest BCUT2D eigenvalue weighted by Gasteiger charge is 2.19. The maximum Gasteiger partial charge on any atom is 0.308 e. The molecular weight excluding hydrogens is 370 g/mol. The number of rotatable bonds is 8. The number of halogens is 1. The number of ketones is 1. The minimum absolute atomic E-state index is 0.100. The molecule has 0 heterocycles. The number of amides is 1. The fourth-order valence-electron chi connectivity index (χ4n) is 2.42. The van der Waals surface area contributed by atoms with Crippen molar-refractivity contribution in [3.05, 3.63) is 64.7 Å². The first-order valence-electron chi connectivity index (χ1n) is 8.24. The Morgan fingerprint density at radius 2 is 1.67 bits per heavy atom. The Kier molecular flexibility index (Phi) is 7.37. The third kappa shape index (κ3) is 6.42. The van der Waals surface area contributed by atoms with Crippen molar-refractivity contribution in [2.75, 3.05) is 13.7 Å². The van der Waals surface area contributed by atoms with E-state index in [1.807, 2.05) is 0 Å². The van der Waals surface area contributed by atoms with Crippen LogP contribution in [0.25, 0.3) is 0 Å². The van der Waals surface area contributed by atoms with Crippen molar-refractivity contribution < 1.29 is 23.9 Å². The molecule has 1 N–H and O–H groups in total. The molecule has 0 bridgehead atoms. The molecule has 2 aromatic carbocycles. The van der Waals surface area contributed by atoms with Crippen molar-refractivity contribution in [2.24, 2.45) is 0 Å². The summed E-state index contributed by atoms with van der Waals surface area (Å²) in [5.74, 6) is -0.569. The summed E-state index contributed by atoms with van der Waals surface area (Å²) >= 11 is 5.87. The van der Waals surface area contributed by atoms with Crippen LogP contribution in [0.3, 0.4) is 0 Å². The molecule has 0 aliphatic heterocycles. The maximum atomic E-state index is 12.1. The molecule has 0 aromatic heterocycles. The van der Waals surface area contributed by atoms with Gasteiger partial charge < -0.3 is 14.8 Å². The van der Waals surface area contributed by atoms with Crippen molar-refractivity contribution in [3.63, 3.8) is 0 Å². The van der Waals surface area contributed by atoms with Gasteiger partial charge in [-0.25, -0.2) is 0 Å². The molecule has 1 unspecified atom stereocenters. The highest BCUT2D eigenvalue weighted by molar-refractivity contribution is 6.30. The van der Waals surface area contributed by atoms with E-state index in [2.05, 4.69) is 5.32 Å². The average Bonchev–Trinajstić information content (AvgIpc) is 2.66. The number of esters is 1. The van der Waals surface area contributed by atoms with E-state index in [9.17, 15) is 14.4 Å². The number of benzene rings is 2. The van der Waals surface area contributed by atoms with Crippen LogP contribution in [-0.2, 0) is 14.3 Å². The van der Waals surface area contributed by atoms with Gasteiger partial charge in [0.15, 0.2) is 12.4 Å². The lowest BCUT2D eigenvalue weighted by atomic mass is 10.0. The fourth-order valence-corrected chi connectivity index (χ4v) is 2.55. The van der Waals surface area contributed by atoms with Crippen molar-refractivity contribution in [3.8, 4) is 5.75 Å². The quantitative estimate of drug-likeness (QED) is 0.553. The van der Waals surface area contributed by atoms with E-state index in [4.69, 9.17) is 21.1 Å². The summed E-state index contributed by atoms with van der Waals surface area (Å²) in [7, 11) is 1.53. The number of hydrogen-bond donors (Lipinski definition) is 1. The molecule has 0 aliphatic rings. The van der Waals surface area contributed by atoms with E-state index >= 15 is 0 Å². The molecule has 0 spiro atoms. The molecule has 0 aliphatic carbocycles. The number of methoxy groups -OCH3 is 1. The van der Waals surface area contributed by atoms with Crippen molar-refractivity contribution in [1.29, 1.82) is 0 Å². The van der Waals surface area contributed by atoms with Gasteiger partial charge in [0.25, 0.3) is 0 Å². The van der Waals surface area contributed by atoms with E-state index in [0.717, 1.165) is 0 Å². The second-order valence-corrected chi connectivity index (χ2v) is 6.26. The van der Waals surface area contributed by atoms with Crippen molar-refractivity contribution >= 4 is 29.3 Å². The molecule has 0 saturated heterocycles. The summed E-state index contributed by atoms with van der Waals surface area (Å²) in [5, 5.41) is 3.25. The molecule has 142 valence electrons. The van der Waals surface area contributed by atoms with Crippen LogP contribution in [-0.4, -0.2) is 31.4 Å². The Morgan fingerprint density at radius 1 is 1.04 bits per heavy atom. The van der Waals surface area contributed by atoms with Gasteiger partial charge in [-0.2, -0.15) is 0 Å². The molecule has 1 amide bonds. The summed E-state index contributed by atoms with van der Waals surface area (Å²) in [6, 6.07) is 12.7. The van der Waals surface area contributed by atoms with Crippen LogP contribution in [0.1, 0.15) is 35.3 Å². The number of Topliss-reactive ketones (excluding diaryl/α,β-unsaturated/α-hetero) is 1. The molecule has 0 saturated carbocycles. The Morgan fingerprint density at radius 3 is 2.22 bits per heavy atom. The number of ether oxygens (including phenoxy) is 2. The fraction of sp³-hybridized carbons (Fsp3) is 0.250. The van der Waals surface area contributed by atoms with Crippen molar-refractivity contribution in [2.45, 2.75) is 19.4 Å². The number of carbonyl (C=O) groups is 3. The van der Waals surface area contributed by atoms with Gasteiger partial charge in [-0.1, -0.05) is 23.7 Å². The molecule has 0 fully saturated rings. The summed E-state index contributed by atoms with van der Waals surface area (Å²) in [6.07, 6.45) is -0.100. The van der Waals surface area contributed by atoms with Gasteiger partial charge >= 0.3 is 5.97 Å². The van der Waals surface area contributed by atoms with Gasteiger partial charge in [-0.05, 0) is 42.0 Å². The van der Waals surface area contributed by atoms with Gasteiger partial charge in [0, 0.05) is 17.5 Å². The smallest absolute Gasteiger partial charge is 0.308 e. The summed E-state index contributed by atoms with van der Waals surface area (Å²) in [6.45, 7) is 0.986. The molecular formula is C20H20ClNO5. The van der Waals surface area contributed by atoms with Crippen LogP contribution in [0.15, 0.2) is 48.5 Å². The first-order valence-corrected chi connectivity index (χ1v) is 8.62. The predicted octanol–water partition coefficient (Wildman–Crippen LogP) is 3.34. The number of nitrogens with one attached hydrogen (secondary N) is 1. The van der Waals surface area contributed by atoms with Gasteiger partial charge in [-0.15, -0.1) is 0 Å². The van der Waals surface area contributed by atoms with Gasteiger partial charge in [0.1, 0.15) is 5.75 Å². The van der Waals surface area contributed by atoms with Crippen LogP contribution < -0.4 is 10.1 Å². The predicted molar refractivity (Wildman–Crippen MR) is 101 cm³/mol. The van der Waals surface area contributed by atoms with E-state index < -0.39 is 12.0 Å². The lowest BCUT2D eigenvalue weighted by Gasteiger charge is -2.17. The minimum atomic E-state index is -0.592. The van der Waals surface area contributed by atoms with Gasteiger partial charge in [0.2, 0.25) is 5.91 Å². The molecule has 7 heteroatoms. The third-order valence-electron chi connectivity index (χ3n) is 3.80. The second-order valence-electron chi connectivity index (χ2n) is 5.82. The Balaban J connectivity index is 1.95. The highest BCUT2D eigenvalue weighted by atomic mass is 35.5. The van der Waals surface area contributed by atoms with Crippen LogP contribution in [0.4, 0.5) is 0 Å². The molecule has 27 heavy (non-hydrogen) atoms. The Hall–Kier alpha value is -2.86. The molecule has 2 aromatic rings. The second kappa shape index (κ2) is 9.73. The summed E-state index contributed by atoms with van der Waals surface area (Å²) in [5.41, 5.74) is 1.13. The monoisotopic (exact) mass is 389 g/mol. The van der Waals surface area contributed by atoms with E-state index in [-0.39, 0.29) is 24.7 Å². The van der Waals surface area contributed by atoms with E-state index in [0.29, 0.717) is 21.9 Å². The summed E-state index contributed by atoms with van der Waals surface area (Å²) < 4.78 is 10.1. The lowest BCUT2D eigenvalue weighted by Crippen LogP contribution is -2.29. The topological polar surface area (TPSA) is 81.7 Å². The van der Waals surface area contributed by atoms with Crippen LogP contribution in [0.5, 0.6) is 5.75 Å². The minimum Gasteiger partial charge on any atom is -0.497 e. The van der Waals surface area contributed by atoms with E-state index in [1.54, 1.807) is 48.5 Å². The van der Waals surface area contributed by atoms with Crippen LogP contribution in [0, 0.1) is 0 Å². The highest BCUT2D eigenvalue weighted by Crippen LogP contribution is 2.20. The standard InChI is InChI=1S/C20H20ClNO5/c1-13(23)22-18(14-3-7-16(21)8-4-14)11-20(25)27-12-19(24)15-5-9-17(26-2)10-6-15/h3-10,18H,11-12H2,1-2H3,(H,22,23). The van der Waals surface area contributed by atoms with Crippen LogP contribution >= 0.6 is 11.6 Å². The lowest BCUT2D eigenvalue weighted by molar-refractivity contribution is -0.143. The number of hydrogen-bond acceptors (Lipinski definition) is 5. The third-order valence-corrected chi connectivity index (χ3v) is 4.05. The van der Waals surface area contributed by atoms with Crippen molar-refractivity contribution in [1.82, 2.24) is 5.32 Å². The normalized spacial score (nSPS) is 11.4. The SMILES string of the molecule is COc1ccc(C(=O)COC(=O)CC(NC(C)=O)c2ccc(Cl)cc2)cc1. The molecule has 6 nitrogen and oxygen atoms in total. The van der Waals surface area contributed by atoms with Gasteiger partial charge in [-0.3, -0.25) is 14.4 Å². The number of carbonyl (C=O) groups excluding carboxylic acids is 3. The van der Waals surface area contributed by atoms with Gasteiger partial charge in [0.05, 0.1) is 19.6 Å². The zero-order chi connectivity index (χ0) is 19.8. The Bertz CT molecular complexity index is 802. The van der Waals surface area contributed by atoms with E-state index in [1.165, 1.54) is 14.0 Å². The first kappa shape index (κ1) is 20.5. The zero-order valence-electron chi connectivity index (χ0n) is 15.0. The Labute approximate surface area is 162 Å².